The Morgan fingerprint density at radius 1 is 0.724 bits per heavy atom. The molecule has 0 unspecified atom stereocenters. The fourth-order valence-corrected chi connectivity index (χ4v) is 4.03. The van der Waals surface area contributed by atoms with E-state index in [1.54, 1.807) is 0 Å². The molecule has 1 saturated carbocycles. The van der Waals surface area contributed by atoms with Crippen LogP contribution in [0.4, 0.5) is 17.6 Å². The molecule has 0 amide bonds. The molecule has 8 heteroatoms. The number of hydrogen-bond acceptors (Lipinski definition) is 8. The standard InChI is InChI=1S/C21H29N7O/c1-15-13-18(24-20(22-15)17-3-4-17)26-5-7-27(8-6-26)19-14-16(2)23-21(25-19)28-9-11-29-12-10-28/h13-14,17H,3-12H2,1-2H3. The average Bonchev–Trinajstić information content (AvgIpc) is 3.59. The van der Waals surface area contributed by atoms with E-state index >= 15 is 0 Å². The highest BCUT2D eigenvalue weighted by Crippen LogP contribution is 2.38. The lowest BCUT2D eigenvalue weighted by atomic mass is 10.2. The summed E-state index contributed by atoms with van der Waals surface area (Å²) < 4.78 is 5.46. The molecule has 0 bridgehead atoms. The Labute approximate surface area is 171 Å². The molecule has 8 nitrogen and oxygen atoms in total. The first-order valence-electron chi connectivity index (χ1n) is 10.7. The molecule has 3 fully saturated rings. The predicted molar refractivity (Wildman–Crippen MR) is 113 cm³/mol. The highest BCUT2D eigenvalue weighted by molar-refractivity contribution is 5.49. The van der Waals surface area contributed by atoms with Crippen LogP contribution in [0.3, 0.4) is 0 Å². The van der Waals surface area contributed by atoms with Gasteiger partial charge in [0.2, 0.25) is 5.95 Å². The van der Waals surface area contributed by atoms with Gasteiger partial charge in [-0.15, -0.1) is 0 Å². The van der Waals surface area contributed by atoms with Crippen molar-refractivity contribution >= 4 is 17.6 Å². The third-order valence-corrected chi connectivity index (χ3v) is 5.85. The van der Waals surface area contributed by atoms with Crippen LogP contribution in [-0.4, -0.2) is 72.4 Å². The number of nitrogens with zero attached hydrogens (tertiary/aromatic N) is 7. The van der Waals surface area contributed by atoms with Gasteiger partial charge in [-0.1, -0.05) is 0 Å². The van der Waals surface area contributed by atoms with Gasteiger partial charge in [-0.2, -0.15) is 4.98 Å². The Morgan fingerprint density at radius 2 is 1.31 bits per heavy atom. The van der Waals surface area contributed by atoms with Gasteiger partial charge in [0.15, 0.2) is 0 Å². The number of piperazine rings is 1. The van der Waals surface area contributed by atoms with Crippen molar-refractivity contribution in [3.8, 4) is 0 Å². The van der Waals surface area contributed by atoms with Crippen molar-refractivity contribution < 1.29 is 4.74 Å². The summed E-state index contributed by atoms with van der Waals surface area (Å²) in [5.41, 5.74) is 2.08. The van der Waals surface area contributed by atoms with Gasteiger partial charge in [0.25, 0.3) is 0 Å². The van der Waals surface area contributed by atoms with Crippen LogP contribution in [0.2, 0.25) is 0 Å². The molecular weight excluding hydrogens is 366 g/mol. The van der Waals surface area contributed by atoms with Crippen molar-refractivity contribution in [1.29, 1.82) is 0 Å². The summed E-state index contributed by atoms with van der Waals surface area (Å²) >= 11 is 0. The minimum absolute atomic E-state index is 0.581. The van der Waals surface area contributed by atoms with E-state index in [9.17, 15) is 0 Å². The smallest absolute Gasteiger partial charge is 0.227 e. The maximum atomic E-state index is 5.46. The van der Waals surface area contributed by atoms with Crippen LogP contribution in [0, 0.1) is 13.8 Å². The minimum Gasteiger partial charge on any atom is -0.378 e. The molecule has 29 heavy (non-hydrogen) atoms. The molecule has 154 valence electrons. The van der Waals surface area contributed by atoms with Gasteiger partial charge in [-0.05, 0) is 26.7 Å². The third kappa shape index (κ3) is 4.12. The summed E-state index contributed by atoms with van der Waals surface area (Å²) in [6, 6.07) is 4.21. The summed E-state index contributed by atoms with van der Waals surface area (Å²) in [6.45, 7) is 11.1. The van der Waals surface area contributed by atoms with Crippen LogP contribution >= 0.6 is 0 Å². The first-order valence-corrected chi connectivity index (χ1v) is 10.7. The fourth-order valence-electron chi connectivity index (χ4n) is 4.03. The van der Waals surface area contributed by atoms with Crippen molar-refractivity contribution in [2.75, 3.05) is 67.2 Å². The molecule has 1 aliphatic carbocycles. The third-order valence-electron chi connectivity index (χ3n) is 5.85. The highest BCUT2D eigenvalue weighted by atomic mass is 16.5. The molecule has 2 aliphatic heterocycles. The number of aromatic nitrogens is 4. The van der Waals surface area contributed by atoms with Gasteiger partial charge < -0.3 is 19.4 Å². The number of rotatable bonds is 4. The van der Waals surface area contributed by atoms with E-state index in [4.69, 9.17) is 14.7 Å². The fraction of sp³-hybridized carbons (Fsp3) is 0.619. The van der Waals surface area contributed by atoms with Crippen LogP contribution < -0.4 is 14.7 Å². The van der Waals surface area contributed by atoms with Crippen LogP contribution in [0.1, 0.15) is 36.0 Å². The first kappa shape index (κ1) is 18.5. The SMILES string of the molecule is Cc1cc(N2CCN(c3cc(C)nc(N4CCOCC4)n3)CC2)nc(C2CC2)n1. The number of hydrogen-bond donors (Lipinski definition) is 0. The summed E-state index contributed by atoms with van der Waals surface area (Å²) in [5, 5.41) is 0. The second-order valence-corrected chi connectivity index (χ2v) is 8.24. The normalized spacial score (nSPS) is 20.3. The van der Waals surface area contributed by atoms with Crippen molar-refractivity contribution in [3.05, 3.63) is 29.3 Å². The van der Waals surface area contributed by atoms with E-state index in [-0.39, 0.29) is 0 Å². The van der Waals surface area contributed by atoms with E-state index in [0.717, 1.165) is 87.3 Å². The van der Waals surface area contributed by atoms with E-state index in [1.165, 1.54) is 12.8 Å². The van der Waals surface area contributed by atoms with Gasteiger partial charge in [-0.3, -0.25) is 0 Å². The Hall–Kier alpha value is -2.48. The van der Waals surface area contributed by atoms with Crippen molar-refractivity contribution in [1.82, 2.24) is 19.9 Å². The van der Waals surface area contributed by atoms with Crippen LogP contribution in [0.15, 0.2) is 12.1 Å². The second-order valence-electron chi connectivity index (χ2n) is 8.24. The Balaban J connectivity index is 1.29. The maximum Gasteiger partial charge on any atom is 0.227 e. The summed E-state index contributed by atoms with van der Waals surface area (Å²) in [4.78, 5) is 26.0. The average molecular weight is 396 g/mol. The van der Waals surface area contributed by atoms with E-state index in [2.05, 4.69) is 50.6 Å². The topological polar surface area (TPSA) is 70.5 Å². The van der Waals surface area contributed by atoms with E-state index in [0.29, 0.717) is 5.92 Å². The van der Waals surface area contributed by atoms with Crippen LogP contribution in [0.5, 0.6) is 0 Å². The molecule has 0 aromatic carbocycles. The first-order chi connectivity index (χ1) is 14.2. The van der Waals surface area contributed by atoms with Gasteiger partial charge >= 0.3 is 0 Å². The quantitative estimate of drug-likeness (QED) is 0.778. The minimum atomic E-state index is 0.581. The zero-order valence-electron chi connectivity index (χ0n) is 17.3. The maximum absolute atomic E-state index is 5.46. The monoisotopic (exact) mass is 395 g/mol. The molecule has 0 spiro atoms. The zero-order chi connectivity index (χ0) is 19.8. The molecule has 2 saturated heterocycles. The van der Waals surface area contributed by atoms with Gasteiger partial charge in [0.1, 0.15) is 17.5 Å². The Kier molecular flexibility index (Phi) is 4.95. The molecule has 2 aromatic rings. The zero-order valence-corrected chi connectivity index (χ0v) is 17.3. The predicted octanol–water partition coefficient (Wildman–Crippen LogP) is 1.92. The molecule has 2 aromatic heterocycles. The lowest BCUT2D eigenvalue weighted by Gasteiger charge is -2.36. The van der Waals surface area contributed by atoms with Gasteiger partial charge in [0.05, 0.1) is 13.2 Å². The summed E-state index contributed by atoms with van der Waals surface area (Å²) in [6.07, 6.45) is 2.46. The molecule has 5 rings (SSSR count). The number of anilines is 3. The molecule has 0 N–H and O–H groups in total. The van der Waals surface area contributed by atoms with Crippen molar-refractivity contribution in [3.63, 3.8) is 0 Å². The molecule has 0 radical (unpaired) electrons. The molecule has 0 atom stereocenters. The van der Waals surface area contributed by atoms with E-state index in [1.807, 2.05) is 0 Å². The lowest BCUT2D eigenvalue weighted by molar-refractivity contribution is 0.122. The van der Waals surface area contributed by atoms with Crippen molar-refractivity contribution in [2.24, 2.45) is 0 Å². The number of ether oxygens (including phenoxy) is 1. The van der Waals surface area contributed by atoms with Gasteiger partial charge in [0, 0.05) is 68.7 Å². The molecule has 3 aliphatic rings. The Morgan fingerprint density at radius 3 is 1.93 bits per heavy atom. The largest absolute Gasteiger partial charge is 0.378 e. The molecule has 4 heterocycles. The second kappa shape index (κ2) is 7.74. The Bertz CT molecular complexity index is 871. The van der Waals surface area contributed by atoms with Crippen LogP contribution in [0.25, 0.3) is 0 Å². The van der Waals surface area contributed by atoms with Crippen LogP contribution in [-0.2, 0) is 4.74 Å². The number of aryl methyl sites for hydroxylation is 2. The molecular formula is C21H29N7O. The lowest BCUT2D eigenvalue weighted by Crippen LogP contribution is -2.47. The van der Waals surface area contributed by atoms with Gasteiger partial charge in [-0.25, -0.2) is 15.0 Å². The summed E-state index contributed by atoms with van der Waals surface area (Å²) in [5.74, 6) is 4.54. The van der Waals surface area contributed by atoms with Crippen molar-refractivity contribution in [2.45, 2.75) is 32.6 Å². The van der Waals surface area contributed by atoms with E-state index < -0.39 is 0 Å². The number of morpholine rings is 1. The highest BCUT2D eigenvalue weighted by Gasteiger charge is 2.28. The summed E-state index contributed by atoms with van der Waals surface area (Å²) in [7, 11) is 0.